The van der Waals surface area contributed by atoms with E-state index in [0.717, 1.165) is 30.9 Å². The maximum absolute atomic E-state index is 12.6. The van der Waals surface area contributed by atoms with Gasteiger partial charge in [-0.15, -0.1) is 10.2 Å². The summed E-state index contributed by atoms with van der Waals surface area (Å²) in [7, 11) is 0. The van der Waals surface area contributed by atoms with Crippen molar-refractivity contribution in [1.29, 1.82) is 0 Å². The monoisotopic (exact) mass is 296 g/mol. The van der Waals surface area contributed by atoms with Gasteiger partial charge in [0, 0.05) is 13.0 Å². The largest absolute Gasteiger partial charge is 0.316 e. The standard InChI is InChI=1S/C14H24N4OS/c1-9(2)7-11-17-18-13(20-11)16-12(19)14(10(3)4)5-6-15-8-14/h9-10,15H,5-8H2,1-4H3,(H,16,18,19). The van der Waals surface area contributed by atoms with Gasteiger partial charge in [-0.3, -0.25) is 10.1 Å². The molecule has 1 unspecified atom stereocenters. The van der Waals surface area contributed by atoms with E-state index in [9.17, 15) is 4.79 Å². The van der Waals surface area contributed by atoms with Crippen LogP contribution in [0.5, 0.6) is 0 Å². The van der Waals surface area contributed by atoms with Crippen molar-refractivity contribution in [2.45, 2.75) is 40.5 Å². The first kappa shape index (κ1) is 15.4. The third-order valence-electron chi connectivity index (χ3n) is 4.02. The van der Waals surface area contributed by atoms with Gasteiger partial charge in [-0.1, -0.05) is 39.0 Å². The molecule has 6 heteroatoms. The van der Waals surface area contributed by atoms with Crippen LogP contribution in [0.25, 0.3) is 0 Å². The zero-order valence-electron chi connectivity index (χ0n) is 12.7. The molecule has 0 spiro atoms. The van der Waals surface area contributed by atoms with Gasteiger partial charge >= 0.3 is 0 Å². The SMILES string of the molecule is CC(C)Cc1nnc(NC(=O)C2(C(C)C)CCNC2)s1. The molecular formula is C14H24N4OS. The topological polar surface area (TPSA) is 66.9 Å². The number of hydrogen-bond acceptors (Lipinski definition) is 5. The summed E-state index contributed by atoms with van der Waals surface area (Å²) in [6.45, 7) is 10.2. The molecule has 0 saturated carbocycles. The van der Waals surface area contributed by atoms with E-state index in [0.29, 0.717) is 17.0 Å². The maximum Gasteiger partial charge on any atom is 0.234 e. The Bertz CT molecular complexity index is 463. The average Bonchev–Trinajstić information content (AvgIpc) is 2.97. The second-order valence-corrected chi connectivity index (χ2v) is 7.35. The van der Waals surface area contributed by atoms with Gasteiger partial charge < -0.3 is 5.32 Å². The number of nitrogens with one attached hydrogen (secondary N) is 2. The summed E-state index contributed by atoms with van der Waals surface area (Å²) < 4.78 is 0. The van der Waals surface area contributed by atoms with Crippen molar-refractivity contribution in [2.75, 3.05) is 18.4 Å². The number of amides is 1. The van der Waals surface area contributed by atoms with E-state index >= 15 is 0 Å². The number of rotatable bonds is 5. The molecule has 0 radical (unpaired) electrons. The quantitative estimate of drug-likeness (QED) is 0.875. The molecule has 0 aliphatic carbocycles. The van der Waals surface area contributed by atoms with E-state index < -0.39 is 0 Å². The molecule has 1 aliphatic rings. The van der Waals surface area contributed by atoms with Crippen molar-refractivity contribution >= 4 is 22.4 Å². The highest BCUT2D eigenvalue weighted by Gasteiger charge is 2.44. The van der Waals surface area contributed by atoms with Gasteiger partial charge in [0.25, 0.3) is 0 Å². The Labute approximate surface area is 124 Å². The highest BCUT2D eigenvalue weighted by atomic mass is 32.1. The number of hydrogen-bond donors (Lipinski definition) is 2. The Morgan fingerprint density at radius 3 is 2.70 bits per heavy atom. The predicted octanol–water partition coefficient (Wildman–Crippen LogP) is 2.31. The number of aromatic nitrogens is 2. The first-order valence-electron chi connectivity index (χ1n) is 7.28. The molecule has 1 aromatic heterocycles. The summed E-state index contributed by atoms with van der Waals surface area (Å²) >= 11 is 1.48. The fraction of sp³-hybridized carbons (Fsp3) is 0.786. The fourth-order valence-corrected chi connectivity index (χ4v) is 3.56. The molecule has 20 heavy (non-hydrogen) atoms. The molecule has 1 amide bonds. The third kappa shape index (κ3) is 3.17. The molecule has 2 rings (SSSR count). The van der Waals surface area contributed by atoms with Crippen LogP contribution in [-0.2, 0) is 11.2 Å². The van der Waals surface area contributed by atoms with E-state index in [2.05, 4.69) is 48.5 Å². The van der Waals surface area contributed by atoms with E-state index in [1.165, 1.54) is 11.3 Å². The minimum atomic E-state index is -0.316. The van der Waals surface area contributed by atoms with Gasteiger partial charge in [0.1, 0.15) is 5.01 Å². The smallest absolute Gasteiger partial charge is 0.234 e. The van der Waals surface area contributed by atoms with Gasteiger partial charge in [-0.25, -0.2) is 0 Å². The first-order valence-corrected chi connectivity index (χ1v) is 8.10. The first-order chi connectivity index (χ1) is 9.44. The van der Waals surface area contributed by atoms with Gasteiger partial charge in [-0.05, 0) is 24.8 Å². The maximum atomic E-state index is 12.6. The molecule has 5 nitrogen and oxygen atoms in total. The summed E-state index contributed by atoms with van der Waals surface area (Å²) in [4.78, 5) is 12.6. The Kier molecular flexibility index (Phi) is 4.75. The van der Waals surface area contributed by atoms with E-state index in [4.69, 9.17) is 0 Å². The lowest BCUT2D eigenvalue weighted by Gasteiger charge is -2.30. The van der Waals surface area contributed by atoms with Crippen LogP contribution in [0.4, 0.5) is 5.13 Å². The molecule has 112 valence electrons. The fourth-order valence-electron chi connectivity index (χ4n) is 2.62. The van der Waals surface area contributed by atoms with Crippen LogP contribution in [-0.4, -0.2) is 29.2 Å². The summed E-state index contributed by atoms with van der Waals surface area (Å²) in [5, 5.41) is 16.1. The molecule has 1 atom stereocenters. The van der Waals surface area contributed by atoms with Crippen LogP contribution < -0.4 is 10.6 Å². The van der Waals surface area contributed by atoms with Crippen LogP contribution in [0.15, 0.2) is 0 Å². The molecule has 1 aromatic rings. The number of carbonyl (C=O) groups excluding carboxylic acids is 1. The van der Waals surface area contributed by atoms with Crippen molar-refractivity contribution in [3.63, 3.8) is 0 Å². The number of anilines is 1. The molecule has 1 fully saturated rings. The van der Waals surface area contributed by atoms with Gasteiger partial charge in [-0.2, -0.15) is 0 Å². The van der Waals surface area contributed by atoms with E-state index in [1.54, 1.807) is 0 Å². The summed E-state index contributed by atoms with van der Waals surface area (Å²) in [5.74, 6) is 0.929. The summed E-state index contributed by atoms with van der Waals surface area (Å²) in [5.41, 5.74) is -0.316. The highest BCUT2D eigenvalue weighted by molar-refractivity contribution is 7.15. The van der Waals surface area contributed by atoms with Crippen molar-refractivity contribution in [3.8, 4) is 0 Å². The zero-order valence-corrected chi connectivity index (χ0v) is 13.5. The minimum absolute atomic E-state index is 0.0738. The van der Waals surface area contributed by atoms with Crippen LogP contribution >= 0.6 is 11.3 Å². The lowest BCUT2D eigenvalue weighted by molar-refractivity contribution is -0.126. The van der Waals surface area contributed by atoms with Crippen LogP contribution in [0.1, 0.15) is 39.1 Å². The molecule has 1 aliphatic heterocycles. The van der Waals surface area contributed by atoms with Crippen molar-refractivity contribution < 1.29 is 4.79 Å². The van der Waals surface area contributed by atoms with Crippen LogP contribution in [0, 0.1) is 17.3 Å². The predicted molar refractivity (Wildman–Crippen MR) is 81.8 cm³/mol. The van der Waals surface area contributed by atoms with Crippen molar-refractivity contribution in [2.24, 2.45) is 17.3 Å². The second kappa shape index (κ2) is 6.18. The van der Waals surface area contributed by atoms with Crippen LogP contribution in [0.2, 0.25) is 0 Å². The van der Waals surface area contributed by atoms with Crippen LogP contribution in [0.3, 0.4) is 0 Å². The normalized spacial score (nSPS) is 22.7. The molecule has 0 aromatic carbocycles. The Morgan fingerprint density at radius 1 is 1.40 bits per heavy atom. The zero-order chi connectivity index (χ0) is 14.8. The third-order valence-corrected chi connectivity index (χ3v) is 4.88. The molecule has 1 saturated heterocycles. The summed E-state index contributed by atoms with van der Waals surface area (Å²) in [6, 6.07) is 0. The molecule has 0 bridgehead atoms. The highest BCUT2D eigenvalue weighted by Crippen LogP contribution is 2.35. The van der Waals surface area contributed by atoms with Gasteiger partial charge in [0.05, 0.1) is 5.41 Å². The van der Waals surface area contributed by atoms with E-state index in [-0.39, 0.29) is 11.3 Å². The van der Waals surface area contributed by atoms with Gasteiger partial charge in [0.2, 0.25) is 11.0 Å². The Hall–Kier alpha value is -1.01. The lowest BCUT2D eigenvalue weighted by Crippen LogP contribution is -2.42. The molecular weight excluding hydrogens is 272 g/mol. The molecule has 2 N–H and O–H groups in total. The van der Waals surface area contributed by atoms with Crippen molar-refractivity contribution in [3.05, 3.63) is 5.01 Å². The van der Waals surface area contributed by atoms with Gasteiger partial charge in [0.15, 0.2) is 0 Å². The minimum Gasteiger partial charge on any atom is -0.316 e. The lowest BCUT2D eigenvalue weighted by atomic mass is 9.75. The molecule has 2 heterocycles. The Morgan fingerprint density at radius 2 is 2.15 bits per heavy atom. The Balaban J connectivity index is 2.05. The van der Waals surface area contributed by atoms with Crippen molar-refractivity contribution in [1.82, 2.24) is 15.5 Å². The second-order valence-electron chi connectivity index (χ2n) is 6.29. The number of carbonyl (C=O) groups is 1. The average molecular weight is 296 g/mol. The van der Waals surface area contributed by atoms with E-state index in [1.807, 2.05) is 0 Å². The summed E-state index contributed by atoms with van der Waals surface area (Å²) in [6.07, 6.45) is 1.79. The number of nitrogens with zero attached hydrogens (tertiary/aromatic N) is 2.